The number of hydrogen-bond donors (Lipinski definition) is 1. The van der Waals surface area contributed by atoms with Gasteiger partial charge in [0.05, 0.1) is 6.54 Å². The van der Waals surface area contributed by atoms with Crippen molar-refractivity contribution >= 4 is 11.8 Å². The van der Waals surface area contributed by atoms with Crippen LogP contribution in [0.1, 0.15) is 26.7 Å². The standard InChI is InChI=1S/C12H21N3O2/c1-8-6-10(4-5-14(8)3)15-7-11(16)13-9(2)12(15)17/h8-10H,4-7H2,1-3H3,(H,13,16). The first-order valence-corrected chi connectivity index (χ1v) is 6.29. The van der Waals surface area contributed by atoms with E-state index in [0.29, 0.717) is 6.04 Å². The molecule has 2 saturated heterocycles. The molecule has 5 heteroatoms. The molecule has 0 aliphatic carbocycles. The molecule has 2 heterocycles. The zero-order valence-corrected chi connectivity index (χ0v) is 10.8. The van der Waals surface area contributed by atoms with Crippen LogP contribution in [-0.4, -0.2) is 59.9 Å². The Hall–Kier alpha value is -1.10. The van der Waals surface area contributed by atoms with Gasteiger partial charge >= 0.3 is 0 Å². The van der Waals surface area contributed by atoms with Gasteiger partial charge in [-0.05, 0) is 33.7 Å². The zero-order chi connectivity index (χ0) is 12.6. The lowest BCUT2D eigenvalue weighted by Crippen LogP contribution is -2.61. The molecule has 3 unspecified atom stereocenters. The maximum absolute atomic E-state index is 12.1. The minimum atomic E-state index is -0.369. The lowest BCUT2D eigenvalue weighted by atomic mass is 9.96. The average molecular weight is 239 g/mol. The summed E-state index contributed by atoms with van der Waals surface area (Å²) in [4.78, 5) is 27.6. The Morgan fingerprint density at radius 1 is 1.29 bits per heavy atom. The van der Waals surface area contributed by atoms with Crippen LogP contribution in [0.25, 0.3) is 0 Å². The van der Waals surface area contributed by atoms with E-state index in [9.17, 15) is 9.59 Å². The normalized spacial score (nSPS) is 35.9. The first-order chi connectivity index (χ1) is 7.99. The molecule has 2 rings (SSSR count). The van der Waals surface area contributed by atoms with E-state index in [-0.39, 0.29) is 30.4 Å². The van der Waals surface area contributed by atoms with Crippen molar-refractivity contribution in [3.05, 3.63) is 0 Å². The molecule has 0 spiro atoms. The average Bonchev–Trinajstić information content (AvgIpc) is 2.27. The third-order valence-electron chi connectivity index (χ3n) is 3.97. The lowest BCUT2D eigenvalue weighted by molar-refractivity contribution is -0.147. The van der Waals surface area contributed by atoms with E-state index in [1.54, 1.807) is 11.8 Å². The molecule has 96 valence electrons. The highest BCUT2D eigenvalue weighted by molar-refractivity contribution is 5.94. The topological polar surface area (TPSA) is 52.7 Å². The van der Waals surface area contributed by atoms with E-state index in [4.69, 9.17) is 0 Å². The van der Waals surface area contributed by atoms with Crippen molar-refractivity contribution in [3.63, 3.8) is 0 Å². The fourth-order valence-corrected chi connectivity index (χ4v) is 2.69. The van der Waals surface area contributed by atoms with Gasteiger partial charge < -0.3 is 15.1 Å². The minimum Gasteiger partial charge on any atom is -0.343 e. The van der Waals surface area contributed by atoms with Crippen molar-refractivity contribution in [2.24, 2.45) is 0 Å². The van der Waals surface area contributed by atoms with Crippen LogP contribution < -0.4 is 5.32 Å². The number of likely N-dealkylation sites (tertiary alicyclic amines) is 1. The molecule has 0 radical (unpaired) electrons. The van der Waals surface area contributed by atoms with E-state index < -0.39 is 0 Å². The van der Waals surface area contributed by atoms with Gasteiger partial charge in [0.15, 0.2) is 0 Å². The molecule has 2 aliphatic heterocycles. The fraction of sp³-hybridized carbons (Fsp3) is 0.833. The minimum absolute atomic E-state index is 0.0383. The third kappa shape index (κ3) is 2.44. The lowest BCUT2D eigenvalue weighted by Gasteiger charge is -2.43. The summed E-state index contributed by atoms with van der Waals surface area (Å²) in [5.74, 6) is 0.0232. The van der Waals surface area contributed by atoms with Gasteiger partial charge in [0.2, 0.25) is 11.8 Å². The summed E-state index contributed by atoms with van der Waals surface area (Å²) in [6.07, 6.45) is 1.93. The number of amides is 2. The Kier molecular flexibility index (Phi) is 3.38. The van der Waals surface area contributed by atoms with E-state index in [2.05, 4.69) is 24.2 Å². The highest BCUT2D eigenvalue weighted by Crippen LogP contribution is 2.22. The smallest absolute Gasteiger partial charge is 0.245 e. The van der Waals surface area contributed by atoms with Crippen molar-refractivity contribution in [1.29, 1.82) is 0 Å². The number of hydrogen-bond acceptors (Lipinski definition) is 3. The van der Waals surface area contributed by atoms with Crippen molar-refractivity contribution in [2.45, 2.75) is 44.8 Å². The van der Waals surface area contributed by atoms with Gasteiger partial charge in [-0.1, -0.05) is 0 Å². The number of rotatable bonds is 1. The van der Waals surface area contributed by atoms with Crippen LogP contribution in [0.2, 0.25) is 0 Å². The molecule has 5 nitrogen and oxygen atoms in total. The van der Waals surface area contributed by atoms with Crippen LogP contribution in [0.4, 0.5) is 0 Å². The molecule has 0 saturated carbocycles. The van der Waals surface area contributed by atoms with Gasteiger partial charge in [0.25, 0.3) is 0 Å². The first-order valence-electron chi connectivity index (χ1n) is 6.29. The fourth-order valence-electron chi connectivity index (χ4n) is 2.69. The second kappa shape index (κ2) is 4.64. The summed E-state index contributed by atoms with van der Waals surface area (Å²) in [6.45, 7) is 5.14. The van der Waals surface area contributed by atoms with Crippen LogP contribution in [0, 0.1) is 0 Å². The predicted octanol–water partition coefficient (Wildman–Crippen LogP) is -0.184. The van der Waals surface area contributed by atoms with Gasteiger partial charge in [-0.2, -0.15) is 0 Å². The summed E-state index contributed by atoms with van der Waals surface area (Å²) in [5, 5.41) is 2.68. The Bertz CT molecular complexity index is 332. The Morgan fingerprint density at radius 2 is 2.00 bits per heavy atom. The molecule has 0 bridgehead atoms. The maximum Gasteiger partial charge on any atom is 0.245 e. The Morgan fingerprint density at radius 3 is 2.65 bits per heavy atom. The molecule has 3 atom stereocenters. The highest BCUT2D eigenvalue weighted by Gasteiger charge is 2.36. The molecular weight excluding hydrogens is 218 g/mol. The van der Waals surface area contributed by atoms with Crippen molar-refractivity contribution in [1.82, 2.24) is 15.1 Å². The molecule has 2 amide bonds. The summed E-state index contributed by atoms with van der Waals surface area (Å²) in [7, 11) is 2.11. The molecule has 0 aromatic carbocycles. The summed E-state index contributed by atoms with van der Waals surface area (Å²) < 4.78 is 0. The number of nitrogens with one attached hydrogen (secondary N) is 1. The largest absolute Gasteiger partial charge is 0.343 e. The second-order valence-corrected chi connectivity index (χ2v) is 5.26. The van der Waals surface area contributed by atoms with E-state index >= 15 is 0 Å². The van der Waals surface area contributed by atoms with Crippen LogP contribution in [0.3, 0.4) is 0 Å². The van der Waals surface area contributed by atoms with Gasteiger partial charge in [-0.15, -0.1) is 0 Å². The van der Waals surface area contributed by atoms with Crippen molar-refractivity contribution in [2.75, 3.05) is 20.1 Å². The monoisotopic (exact) mass is 239 g/mol. The third-order valence-corrected chi connectivity index (χ3v) is 3.97. The van der Waals surface area contributed by atoms with Crippen molar-refractivity contribution < 1.29 is 9.59 Å². The van der Waals surface area contributed by atoms with Gasteiger partial charge in [-0.3, -0.25) is 9.59 Å². The molecule has 0 aromatic rings. The van der Waals surface area contributed by atoms with E-state index in [1.165, 1.54) is 0 Å². The van der Waals surface area contributed by atoms with Crippen LogP contribution in [0.5, 0.6) is 0 Å². The predicted molar refractivity (Wildman–Crippen MR) is 64.4 cm³/mol. The Balaban J connectivity index is 2.06. The van der Waals surface area contributed by atoms with Crippen LogP contribution in [0.15, 0.2) is 0 Å². The molecule has 2 aliphatic rings. The molecule has 0 aromatic heterocycles. The van der Waals surface area contributed by atoms with Crippen LogP contribution in [-0.2, 0) is 9.59 Å². The second-order valence-electron chi connectivity index (χ2n) is 5.26. The first kappa shape index (κ1) is 12.4. The highest BCUT2D eigenvalue weighted by atomic mass is 16.2. The Labute approximate surface area is 102 Å². The molecule has 1 N–H and O–H groups in total. The maximum atomic E-state index is 12.1. The van der Waals surface area contributed by atoms with E-state index in [1.807, 2.05) is 0 Å². The number of carbonyl (C=O) groups excluding carboxylic acids is 2. The molecule has 17 heavy (non-hydrogen) atoms. The summed E-state index contributed by atoms with van der Waals surface area (Å²) in [5.41, 5.74) is 0. The summed E-state index contributed by atoms with van der Waals surface area (Å²) in [6, 6.07) is 0.329. The SMILES string of the molecule is CC1NC(=O)CN(C2CCN(C)C(C)C2)C1=O. The van der Waals surface area contributed by atoms with Gasteiger partial charge in [0.1, 0.15) is 6.04 Å². The van der Waals surface area contributed by atoms with Crippen LogP contribution >= 0.6 is 0 Å². The van der Waals surface area contributed by atoms with Gasteiger partial charge in [-0.25, -0.2) is 0 Å². The quantitative estimate of drug-likeness (QED) is 0.690. The van der Waals surface area contributed by atoms with Crippen molar-refractivity contribution in [3.8, 4) is 0 Å². The zero-order valence-electron chi connectivity index (χ0n) is 10.8. The number of carbonyl (C=O) groups is 2. The molecule has 2 fully saturated rings. The molecular formula is C12H21N3O2. The van der Waals surface area contributed by atoms with Gasteiger partial charge in [0, 0.05) is 18.6 Å². The summed E-state index contributed by atoms with van der Waals surface area (Å²) >= 11 is 0. The van der Waals surface area contributed by atoms with E-state index in [0.717, 1.165) is 19.4 Å². The number of piperidine rings is 1. The number of nitrogens with zero attached hydrogens (tertiary/aromatic N) is 2. The number of piperazine rings is 1.